The standard InChI is InChI=1S/C9H11NS2/c1-11-9(12-2)10-8-6-4-3-5-7-8/h3-7H,1-2H3. The maximum atomic E-state index is 4.44. The van der Waals surface area contributed by atoms with Gasteiger partial charge in [-0.3, -0.25) is 0 Å². The smallest absolute Gasteiger partial charge is 0.130 e. The minimum absolute atomic E-state index is 1.02. The molecule has 12 heavy (non-hydrogen) atoms. The third-order valence-corrected chi connectivity index (χ3v) is 3.21. The Kier molecular flexibility index (Phi) is 4.25. The lowest BCUT2D eigenvalue weighted by Gasteiger charge is -1.97. The molecule has 1 rings (SSSR count). The fourth-order valence-corrected chi connectivity index (χ4v) is 1.84. The first-order chi connectivity index (χ1) is 5.86. The Bertz CT molecular complexity index is 250. The molecule has 1 aromatic carbocycles. The average Bonchev–Trinajstić information content (AvgIpc) is 2.16. The van der Waals surface area contributed by atoms with E-state index in [-0.39, 0.29) is 0 Å². The van der Waals surface area contributed by atoms with Gasteiger partial charge in [0.05, 0.1) is 5.69 Å². The Morgan fingerprint density at radius 3 is 2.17 bits per heavy atom. The van der Waals surface area contributed by atoms with Crippen LogP contribution in [0.25, 0.3) is 0 Å². The van der Waals surface area contributed by atoms with Crippen LogP contribution in [0, 0.1) is 0 Å². The van der Waals surface area contributed by atoms with Gasteiger partial charge >= 0.3 is 0 Å². The van der Waals surface area contributed by atoms with Crippen LogP contribution < -0.4 is 0 Å². The number of hydrogen-bond donors (Lipinski definition) is 0. The molecule has 0 unspecified atom stereocenters. The zero-order chi connectivity index (χ0) is 8.81. The molecule has 1 aromatic rings. The highest BCUT2D eigenvalue weighted by atomic mass is 32.2. The van der Waals surface area contributed by atoms with Gasteiger partial charge in [0.1, 0.15) is 4.38 Å². The largest absolute Gasteiger partial charge is 0.235 e. The first kappa shape index (κ1) is 9.68. The molecule has 0 aliphatic heterocycles. The average molecular weight is 197 g/mol. The molecule has 0 fully saturated rings. The van der Waals surface area contributed by atoms with Crippen LogP contribution in [0.4, 0.5) is 5.69 Å². The van der Waals surface area contributed by atoms with Gasteiger partial charge in [-0.05, 0) is 24.6 Å². The molecule has 0 aromatic heterocycles. The van der Waals surface area contributed by atoms with Crippen LogP contribution in [0.1, 0.15) is 0 Å². The highest BCUT2D eigenvalue weighted by Gasteiger charge is 1.93. The summed E-state index contributed by atoms with van der Waals surface area (Å²) in [4.78, 5) is 4.44. The fourth-order valence-electron chi connectivity index (χ4n) is 0.783. The van der Waals surface area contributed by atoms with Crippen molar-refractivity contribution >= 4 is 33.6 Å². The lowest BCUT2D eigenvalue weighted by molar-refractivity contribution is 1.55. The second kappa shape index (κ2) is 5.27. The van der Waals surface area contributed by atoms with E-state index in [0.717, 1.165) is 10.1 Å². The molecule has 1 nitrogen and oxygen atoms in total. The molecule has 0 radical (unpaired) electrons. The number of para-hydroxylation sites is 1. The van der Waals surface area contributed by atoms with Crippen LogP contribution in [-0.2, 0) is 0 Å². The highest BCUT2D eigenvalue weighted by Crippen LogP contribution is 2.18. The van der Waals surface area contributed by atoms with Gasteiger partial charge in [0.25, 0.3) is 0 Å². The Balaban J connectivity index is 2.79. The Morgan fingerprint density at radius 2 is 1.67 bits per heavy atom. The van der Waals surface area contributed by atoms with Crippen LogP contribution in [0.2, 0.25) is 0 Å². The second-order valence-corrected chi connectivity index (χ2v) is 3.97. The van der Waals surface area contributed by atoms with Crippen molar-refractivity contribution in [3.05, 3.63) is 30.3 Å². The zero-order valence-electron chi connectivity index (χ0n) is 7.15. The van der Waals surface area contributed by atoms with Crippen molar-refractivity contribution in [2.75, 3.05) is 12.5 Å². The predicted octanol–water partition coefficient (Wildman–Crippen LogP) is 3.40. The third kappa shape index (κ3) is 2.91. The quantitative estimate of drug-likeness (QED) is 0.505. The first-order valence-electron chi connectivity index (χ1n) is 3.58. The van der Waals surface area contributed by atoms with Gasteiger partial charge in [-0.25, -0.2) is 4.99 Å². The molecular weight excluding hydrogens is 186 g/mol. The summed E-state index contributed by atoms with van der Waals surface area (Å²) in [5.41, 5.74) is 1.02. The molecule has 0 aliphatic carbocycles. The SMILES string of the molecule is CSC(=Nc1ccccc1)SC. The van der Waals surface area contributed by atoms with Crippen molar-refractivity contribution in [2.45, 2.75) is 0 Å². The van der Waals surface area contributed by atoms with Crippen LogP contribution >= 0.6 is 23.5 Å². The van der Waals surface area contributed by atoms with Gasteiger partial charge in [-0.2, -0.15) is 0 Å². The summed E-state index contributed by atoms with van der Waals surface area (Å²) in [5.74, 6) is 0. The molecule has 0 aliphatic rings. The molecular formula is C9H11NS2. The van der Waals surface area contributed by atoms with E-state index < -0.39 is 0 Å². The van der Waals surface area contributed by atoms with E-state index >= 15 is 0 Å². The molecule has 64 valence electrons. The van der Waals surface area contributed by atoms with E-state index in [2.05, 4.69) is 4.99 Å². The van der Waals surface area contributed by atoms with Gasteiger partial charge in [0.2, 0.25) is 0 Å². The summed E-state index contributed by atoms with van der Waals surface area (Å²) in [5, 5.41) is 0. The van der Waals surface area contributed by atoms with Gasteiger partial charge < -0.3 is 0 Å². The lowest BCUT2D eigenvalue weighted by atomic mass is 10.3. The van der Waals surface area contributed by atoms with Crippen molar-refractivity contribution in [1.82, 2.24) is 0 Å². The summed E-state index contributed by atoms with van der Waals surface area (Å²) in [6.45, 7) is 0. The molecule has 0 bridgehead atoms. The van der Waals surface area contributed by atoms with E-state index in [9.17, 15) is 0 Å². The van der Waals surface area contributed by atoms with Crippen molar-refractivity contribution < 1.29 is 0 Å². The Labute approximate surface area is 81.7 Å². The van der Waals surface area contributed by atoms with Crippen LogP contribution in [0.5, 0.6) is 0 Å². The summed E-state index contributed by atoms with van der Waals surface area (Å²) >= 11 is 3.36. The van der Waals surface area contributed by atoms with Gasteiger partial charge in [-0.1, -0.05) is 18.2 Å². The number of aliphatic imine (C=N–C) groups is 1. The Morgan fingerprint density at radius 1 is 1.08 bits per heavy atom. The molecule has 0 heterocycles. The lowest BCUT2D eigenvalue weighted by Crippen LogP contribution is -1.79. The molecule has 0 atom stereocenters. The van der Waals surface area contributed by atoms with Crippen LogP contribution in [0.3, 0.4) is 0 Å². The number of nitrogens with zero attached hydrogens (tertiary/aromatic N) is 1. The predicted molar refractivity (Wildman–Crippen MR) is 60.6 cm³/mol. The first-order valence-corrected chi connectivity index (χ1v) is 6.03. The molecule has 0 amide bonds. The van der Waals surface area contributed by atoms with Crippen molar-refractivity contribution in [1.29, 1.82) is 0 Å². The van der Waals surface area contributed by atoms with Crippen LogP contribution in [0.15, 0.2) is 35.3 Å². The van der Waals surface area contributed by atoms with Gasteiger partial charge in [0.15, 0.2) is 0 Å². The van der Waals surface area contributed by atoms with Gasteiger partial charge in [-0.15, -0.1) is 23.5 Å². The topological polar surface area (TPSA) is 12.4 Å². The molecule has 0 spiro atoms. The van der Waals surface area contributed by atoms with Gasteiger partial charge in [0, 0.05) is 0 Å². The monoisotopic (exact) mass is 197 g/mol. The van der Waals surface area contributed by atoms with E-state index in [0.29, 0.717) is 0 Å². The van der Waals surface area contributed by atoms with Crippen molar-refractivity contribution in [3.8, 4) is 0 Å². The summed E-state index contributed by atoms with van der Waals surface area (Å²) in [6.07, 6.45) is 4.08. The number of benzene rings is 1. The number of thioether (sulfide) groups is 2. The second-order valence-electron chi connectivity index (χ2n) is 2.12. The summed E-state index contributed by atoms with van der Waals surface area (Å²) in [6, 6.07) is 10.0. The fraction of sp³-hybridized carbons (Fsp3) is 0.222. The summed E-state index contributed by atoms with van der Waals surface area (Å²) in [7, 11) is 0. The van der Waals surface area contributed by atoms with Crippen LogP contribution in [-0.4, -0.2) is 16.9 Å². The van der Waals surface area contributed by atoms with E-state index in [1.165, 1.54) is 0 Å². The molecule has 0 saturated carbocycles. The zero-order valence-corrected chi connectivity index (χ0v) is 8.78. The molecule has 3 heteroatoms. The summed E-state index contributed by atoms with van der Waals surface area (Å²) < 4.78 is 1.10. The highest BCUT2D eigenvalue weighted by molar-refractivity contribution is 8.38. The number of rotatable bonds is 1. The van der Waals surface area contributed by atoms with Crippen molar-refractivity contribution in [2.24, 2.45) is 4.99 Å². The minimum Gasteiger partial charge on any atom is -0.235 e. The number of hydrogen-bond acceptors (Lipinski definition) is 3. The maximum absolute atomic E-state index is 4.44. The normalized spacial score (nSPS) is 9.50. The van der Waals surface area contributed by atoms with Crippen molar-refractivity contribution in [3.63, 3.8) is 0 Å². The minimum atomic E-state index is 1.02. The van der Waals surface area contributed by atoms with E-state index in [1.807, 2.05) is 42.8 Å². The molecule has 0 saturated heterocycles. The van der Waals surface area contributed by atoms with E-state index in [1.54, 1.807) is 23.5 Å². The third-order valence-electron chi connectivity index (χ3n) is 1.33. The Hall–Kier alpha value is -0.410. The van der Waals surface area contributed by atoms with E-state index in [4.69, 9.17) is 0 Å². The maximum Gasteiger partial charge on any atom is 0.130 e. The molecule has 0 N–H and O–H groups in total.